The van der Waals surface area contributed by atoms with Crippen molar-refractivity contribution in [2.45, 2.75) is 11.5 Å². The van der Waals surface area contributed by atoms with Gasteiger partial charge in [0.25, 0.3) is 10.0 Å². The second-order valence-electron chi connectivity index (χ2n) is 5.79. The van der Waals surface area contributed by atoms with Crippen molar-refractivity contribution in [3.63, 3.8) is 0 Å². The van der Waals surface area contributed by atoms with E-state index in [1.165, 1.54) is 18.3 Å². The molecule has 0 unspecified atom stereocenters. The summed E-state index contributed by atoms with van der Waals surface area (Å²) in [7, 11) is -3.86. The zero-order valence-electron chi connectivity index (χ0n) is 14.5. The smallest absolute Gasteiger partial charge is 0.276 e. The van der Waals surface area contributed by atoms with E-state index in [0.29, 0.717) is 22.9 Å². The molecule has 0 amide bonds. The Morgan fingerprint density at radius 2 is 1.75 bits per heavy atom. The highest BCUT2D eigenvalue weighted by Gasteiger charge is 2.12. The van der Waals surface area contributed by atoms with Gasteiger partial charge in [-0.25, -0.2) is 9.22 Å². The number of nitrogens with one attached hydrogen (secondary N) is 1. The van der Waals surface area contributed by atoms with E-state index in [4.69, 9.17) is 16.3 Å². The number of benzene rings is 3. The van der Waals surface area contributed by atoms with Crippen LogP contribution in [0.2, 0.25) is 5.02 Å². The largest absolute Gasteiger partial charge is 0.489 e. The highest BCUT2D eigenvalue weighted by Crippen LogP contribution is 2.16. The molecule has 8 heteroatoms. The molecule has 144 valence electrons. The zero-order valence-corrected chi connectivity index (χ0v) is 16.1. The van der Waals surface area contributed by atoms with Gasteiger partial charge < -0.3 is 4.74 Å². The first-order valence-corrected chi connectivity index (χ1v) is 10.1. The second-order valence-corrected chi connectivity index (χ2v) is 7.89. The first kappa shape index (κ1) is 19.9. The number of hydrogen-bond donors (Lipinski definition) is 1. The molecule has 5 nitrogen and oxygen atoms in total. The van der Waals surface area contributed by atoms with Crippen molar-refractivity contribution >= 4 is 27.8 Å². The first-order valence-electron chi connectivity index (χ1n) is 8.20. The predicted octanol–water partition coefficient (Wildman–Crippen LogP) is 4.37. The Balaban J connectivity index is 1.62. The summed E-state index contributed by atoms with van der Waals surface area (Å²) in [4.78, 5) is 2.01. The maximum Gasteiger partial charge on any atom is 0.276 e. The fraction of sp³-hybridized carbons (Fsp3) is 0.0500. The zero-order chi connectivity index (χ0) is 20.0. The van der Waals surface area contributed by atoms with Crippen LogP contribution >= 0.6 is 11.6 Å². The normalized spacial score (nSPS) is 11.5. The first-order chi connectivity index (χ1) is 13.4. The van der Waals surface area contributed by atoms with Gasteiger partial charge in [-0.3, -0.25) is 0 Å². The molecule has 0 heterocycles. The Bertz CT molecular complexity index is 1070. The summed E-state index contributed by atoms with van der Waals surface area (Å²) in [6.07, 6.45) is 1.36. The second kappa shape index (κ2) is 8.86. The van der Waals surface area contributed by atoms with E-state index in [1.807, 2.05) is 12.1 Å². The molecule has 3 aromatic rings. The minimum Gasteiger partial charge on any atom is -0.489 e. The summed E-state index contributed by atoms with van der Waals surface area (Å²) >= 11 is 5.86. The van der Waals surface area contributed by atoms with E-state index in [9.17, 15) is 12.8 Å². The fourth-order valence-electron chi connectivity index (χ4n) is 2.27. The molecule has 0 atom stereocenters. The average Bonchev–Trinajstić information content (AvgIpc) is 2.68. The van der Waals surface area contributed by atoms with Gasteiger partial charge in [-0.05, 0) is 59.7 Å². The van der Waals surface area contributed by atoms with Crippen molar-refractivity contribution in [3.8, 4) is 5.75 Å². The molecular weight excluding hydrogens is 403 g/mol. The molecule has 0 fully saturated rings. The molecule has 0 aliphatic carbocycles. The maximum atomic E-state index is 12.9. The third-order valence-electron chi connectivity index (χ3n) is 3.69. The Morgan fingerprint density at radius 3 is 2.46 bits per heavy atom. The summed E-state index contributed by atoms with van der Waals surface area (Å²) in [6, 6.07) is 18.8. The molecule has 0 bridgehead atoms. The Hall–Kier alpha value is -2.90. The van der Waals surface area contributed by atoms with Gasteiger partial charge in [0.2, 0.25) is 0 Å². The number of hydrogen-bond acceptors (Lipinski definition) is 4. The van der Waals surface area contributed by atoms with Gasteiger partial charge in [0.15, 0.2) is 0 Å². The van der Waals surface area contributed by atoms with Crippen LogP contribution in [0.25, 0.3) is 0 Å². The van der Waals surface area contributed by atoms with Crippen LogP contribution in [0, 0.1) is 5.82 Å². The molecule has 3 aromatic carbocycles. The highest BCUT2D eigenvalue weighted by atomic mass is 35.5. The van der Waals surface area contributed by atoms with Crippen LogP contribution in [-0.2, 0) is 16.6 Å². The van der Waals surface area contributed by atoms with Crippen LogP contribution < -0.4 is 9.57 Å². The number of halogens is 2. The number of rotatable bonds is 7. The van der Waals surface area contributed by atoms with Gasteiger partial charge in [-0.2, -0.15) is 13.5 Å². The van der Waals surface area contributed by atoms with Crippen molar-refractivity contribution in [2.24, 2.45) is 5.10 Å². The van der Waals surface area contributed by atoms with Crippen LogP contribution in [0.1, 0.15) is 11.1 Å². The average molecular weight is 419 g/mol. The topological polar surface area (TPSA) is 67.8 Å². The van der Waals surface area contributed by atoms with Crippen molar-refractivity contribution in [1.29, 1.82) is 0 Å². The van der Waals surface area contributed by atoms with Crippen molar-refractivity contribution < 1.29 is 17.5 Å². The van der Waals surface area contributed by atoms with Crippen molar-refractivity contribution in [1.82, 2.24) is 4.83 Å². The molecular formula is C20H16ClFN2O3S. The molecule has 0 aliphatic rings. The highest BCUT2D eigenvalue weighted by molar-refractivity contribution is 7.89. The van der Waals surface area contributed by atoms with Crippen LogP contribution in [0.4, 0.5) is 4.39 Å². The maximum absolute atomic E-state index is 12.9. The molecule has 0 saturated heterocycles. The van der Waals surface area contributed by atoms with Crippen molar-refractivity contribution in [2.75, 3.05) is 0 Å². The fourth-order valence-corrected chi connectivity index (χ4v) is 3.19. The summed E-state index contributed by atoms with van der Waals surface area (Å²) < 4.78 is 42.8. The monoisotopic (exact) mass is 418 g/mol. The Labute approximate surface area is 167 Å². The number of ether oxygens (including phenoxy) is 1. The number of sulfonamides is 1. The van der Waals surface area contributed by atoms with Crippen LogP contribution in [0.3, 0.4) is 0 Å². The minimum atomic E-state index is -3.86. The third kappa shape index (κ3) is 5.55. The van der Waals surface area contributed by atoms with Gasteiger partial charge in [0, 0.05) is 5.02 Å². The summed E-state index contributed by atoms with van der Waals surface area (Å²) in [5.41, 5.74) is 1.62. The third-order valence-corrected chi connectivity index (χ3v) is 5.18. The minimum absolute atomic E-state index is 0.0777. The molecule has 1 N–H and O–H groups in total. The molecule has 0 spiro atoms. The summed E-state index contributed by atoms with van der Waals surface area (Å²) in [5.74, 6) is 0.0955. The lowest BCUT2D eigenvalue weighted by Gasteiger charge is -2.07. The molecule has 3 rings (SSSR count). The van der Waals surface area contributed by atoms with E-state index in [0.717, 1.165) is 17.7 Å². The molecule has 28 heavy (non-hydrogen) atoms. The Kier molecular flexibility index (Phi) is 6.28. The Morgan fingerprint density at radius 1 is 1.04 bits per heavy atom. The van der Waals surface area contributed by atoms with Crippen molar-refractivity contribution in [3.05, 3.63) is 94.8 Å². The van der Waals surface area contributed by atoms with Crippen LogP contribution in [0.5, 0.6) is 5.75 Å². The van der Waals surface area contributed by atoms with Gasteiger partial charge in [-0.15, -0.1) is 0 Å². The molecule has 0 saturated carbocycles. The molecule has 0 radical (unpaired) electrons. The van der Waals surface area contributed by atoms with Gasteiger partial charge >= 0.3 is 0 Å². The quantitative estimate of drug-likeness (QED) is 0.457. The van der Waals surface area contributed by atoms with E-state index in [-0.39, 0.29) is 4.90 Å². The molecule has 0 aromatic heterocycles. The standard InChI is InChI=1S/C20H16ClFN2O3S/c21-17-6-4-15(5-7-17)14-27-19-3-1-2-16(12-19)13-23-24-28(25,26)20-10-8-18(22)9-11-20/h1-13,24H,14H2/b23-13+. The van der Waals surface area contributed by atoms with E-state index in [2.05, 4.69) is 9.93 Å². The SMILES string of the molecule is O=S(=O)(N/N=C/c1cccc(OCc2ccc(Cl)cc2)c1)c1ccc(F)cc1. The lowest BCUT2D eigenvalue weighted by molar-refractivity contribution is 0.306. The number of hydrazone groups is 1. The lowest BCUT2D eigenvalue weighted by atomic mass is 10.2. The number of nitrogens with zero attached hydrogens (tertiary/aromatic N) is 1. The predicted molar refractivity (Wildman–Crippen MR) is 107 cm³/mol. The van der Waals surface area contributed by atoms with Gasteiger partial charge in [0.05, 0.1) is 11.1 Å². The summed E-state index contributed by atoms with van der Waals surface area (Å²) in [5, 5.41) is 4.41. The summed E-state index contributed by atoms with van der Waals surface area (Å²) in [6.45, 7) is 0.370. The van der Waals surface area contributed by atoms with Crippen LogP contribution in [0.15, 0.2) is 82.8 Å². The van der Waals surface area contributed by atoms with E-state index in [1.54, 1.807) is 36.4 Å². The van der Waals surface area contributed by atoms with Crippen LogP contribution in [-0.4, -0.2) is 14.6 Å². The van der Waals surface area contributed by atoms with Gasteiger partial charge in [0.1, 0.15) is 18.2 Å². The molecule has 0 aliphatic heterocycles. The van der Waals surface area contributed by atoms with Gasteiger partial charge in [-0.1, -0.05) is 35.9 Å². The van der Waals surface area contributed by atoms with E-state index < -0.39 is 15.8 Å². The lowest BCUT2D eigenvalue weighted by Crippen LogP contribution is -2.18. The van der Waals surface area contributed by atoms with E-state index >= 15 is 0 Å².